The van der Waals surface area contributed by atoms with Gasteiger partial charge in [0.2, 0.25) is 0 Å². The van der Waals surface area contributed by atoms with E-state index in [1.807, 2.05) is 0 Å². The Labute approximate surface area is 169 Å². The number of rotatable bonds is 6. The maximum Gasteiger partial charge on any atom is 0.194 e. The number of nitrogens with zero attached hydrogens (tertiary/aromatic N) is 3. The lowest BCUT2D eigenvalue weighted by Gasteiger charge is -2.36. The van der Waals surface area contributed by atoms with Crippen molar-refractivity contribution >= 4 is 5.96 Å². The molecule has 0 radical (unpaired) electrons. The van der Waals surface area contributed by atoms with Crippen LogP contribution in [0.5, 0.6) is 0 Å². The van der Waals surface area contributed by atoms with Gasteiger partial charge in [0.05, 0.1) is 26.4 Å². The minimum Gasteiger partial charge on any atom is -0.379 e. The summed E-state index contributed by atoms with van der Waals surface area (Å²) in [6.45, 7) is 15.6. The van der Waals surface area contributed by atoms with Crippen LogP contribution in [-0.4, -0.2) is 81.4 Å². The largest absolute Gasteiger partial charge is 0.379 e. The molecule has 2 aliphatic rings. The Kier molecular flexibility index (Phi) is 8.13. The van der Waals surface area contributed by atoms with Crippen LogP contribution >= 0.6 is 0 Å². The summed E-state index contributed by atoms with van der Waals surface area (Å²) in [4.78, 5) is 9.81. The van der Waals surface area contributed by atoms with Gasteiger partial charge in [-0.3, -0.25) is 9.89 Å². The van der Waals surface area contributed by atoms with E-state index in [9.17, 15) is 0 Å². The molecule has 3 rings (SSSR count). The van der Waals surface area contributed by atoms with Gasteiger partial charge in [0, 0.05) is 39.3 Å². The molecule has 2 aliphatic heterocycles. The Bertz CT molecular complexity index is 631. The van der Waals surface area contributed by atoms with Crippen molar-refractivity contribution in [3.8, 4) is 0 Å². The molecular formula is C22H36N4O2. The van der Waals surface area contributed by atoms with Crippen molar-refractivity contribution in [2.45, 2.75) is 26.9 Å². The number of aliphatic imine (C=N–C) groups is 1. The van der Waals surface area contributed by atoms with Crippen LogP contribution < -0.4 is 5.32 Å². The molecule has 28 heavy (non-hydrogen) atoms. The first-order valence-corrected chi connectivity index (χ1v) is 10.7. The molecule has 2 unspecified atom stereocenters. The number of ether oxygens (including phenoxy) is 2. The lowest BCUT2D eigenvalue weighted by Crippen LogP contribution is -2.48. The average molecular weight is 389 g/mol. The Hall–Kier alpha value is -1.63. The molecule has 0 spiro atoms. The van der Waals surface area contributed by atoms with Gasteiger partial charge in [0.15, 0.2) is 5.96 Å². The zero-order valence-electron chi connectivity index (χ0n) is 17.7. The highest BCUT2D eigenvalue weighted by atomic mass is 16.5. The molecule has 6 heteroatoms. The fourth-order valence-electron chi connectivity index (χ4n) is 3.93. The monoisotopic (exact) mass is 388 g/mol. The molecule has 1 N–H and O–H groups in total. The number of aryl methyl sites for hydroxylation is 1. The second kappa shape index (κ2) is 10.8. The Morgan fingerprint density at radius 3 is 2.75 bits per heavy atom. The quantitative estimate of drug-likeness (QED) is 0.599. The summed E-state index contributed by atoms with van der Waals surface area (Å²) in [5.74, 6) is 1.54. The van der Waals surface area contributed by atoms with E-state index in [-0.39, 0.29) is 6.10 Å². The van der Waals surface area contributed by atoms with E-state index in [0.29, 0.717) is 5.92 Å². The van der Waals surface area contributed by atoms with Crippen molar-refractivity contribution in [1.82, 2.24) is 15.1 Å². The molecule has 2 heterocycles. The molecule has 2 fully saturated rings. The van der Waals surface area contributed by atoms with E-state index in [1.54, 1.807) is 0 Å². The topological polar surface area (TPSA) is 49.3 Å². The molecule has 1 aromatic carbocycles. The smallest absolute Gasteiger partial charge is 0.194 e. The molecule has 0 saturated carbocycles. The molecular weight excluding hydrogens is 352 g/mol. The molecule has 156 valence electrons. The van der Waals surface area contributed by atoms with E-state index in [0.717, 1.165) is 71.6 Å². The maximum atomic E-state index is 6.09. The average Bonchev–Trinajstić information content (AvgIpc) is 2.72. The molecule has 0 aliphatic carbocycles. The molecule has 0 bridgehead atoms. The normalized spacial score (nSPS) is 22.9. The Morgan fingerprint density at radius 2 is 2.00 bits per heavy atom. The summed E-state index contributed by atoms with van der Waals surface area (Å²) in [6, 6.07) is 8.51. The number of hydrogen-bond donors (Lipinski definition) is 1. The Morgan fingerprint density at radius 1 is 1.21 bits per heavy atom. The van der Waals surface area contributed by atoms with Crippen molar-refractivity contribution in [3.05, 3.63) is 35.4 Å². The standard InChI is InChI=1S/C22H36N4O2/c1-4-23-22(24-15-18(2)16-25-9-12-27-13-10-25)26-11-14-28-21(17-26)20-8-6-5-7-19(20)3/h5-8,18,21H,4,9-17H2,1-3H3,(H,23,24). The SMILES string of the molecule is CCNC(=NCC(C)CN1CCOCC1)N1CCOC(c2ccccc2C)C1. The van der Waals surface area contributed by atoms with E-state index in [1.165, 1.54) is 11.1 Å². The first-order valence-electron chi connectivity index (χ1n) is 10.7. The highest BCUT2D eigenvalue weighted by Crippen LogP contribution is 2.25. The minimum absolute atomic E-state index is 0.101. The van der Waals surface area contributed by atoms with Gasteiger partial charge in [0.25, 0.3) is 0 Å². The summed E-state index contributed by atoms with van der Waals surface area (Å²) < 4.78 is 11.5. The summed E-state index contributed by atoms with van der Waals surface area (Å²) in [5.41, 5.74) is 2.57. The first-order chi connectivity index (χ1) is 13.7. The molecule has 2 atom stereocenters. The highest BCUT2D eigenvalue weighted by molar-refractivity contribution is 5.80. The van der Waals surface area contributed by atoms with Crippen LogP contribution in [0, 0.1) is 12.8 Å². The highest BCUT2D eigenvalue weighted by Gasteiger charge is 2.25. The van der Waals surface area contributed by atoms with Gasteiger partial charge >= 0.3 is 0 Å². The fraction of sp³-hybridized carbons (Fsp3) is 0.682. The number of hydrogen-bond acceptors (Lipinski definition) is 4. The number of benzene rings is 1. The van der Waals surface area contributed by atoms with E-state index in [2.05, 4.69) is 60.2 Å². The van der Waals surface area contributed by atoms with Gasteiger partial charge in [-0.05, 0) is 30.9 Å². The summed E-state index contributed by atoms with van der Waals surface area (Å²) in [6.07, 6.45) is 0.101. The zero-order chi connectivity index (χ0) is 19.8. The molecule has 6 nitrogen and oxygen atoms in total. The summed E-state index contributed by atoms with van der Waals surface area (Å²) in [5, 5.41) is 3.48. The van der Waals surface area contributed by atoms with Crippen molar-refractivity contribution in [3.63, 3.8) is 0 Å². The van der Waals surface area contributed by atoms with Crippen molar-refractivity contribution < 1.29 is 9.47 Å². The molecule has 1 aromatic rings. The van der Waals surface area contributed by atoms with Crippen molar-refractivity contribution in [1.29, 1.82) is 0 Å². The Balaban J connectivity index is 1.60. The van der Waals surface area contributed by atoms with Crippen LogP contribution in [0.2, 0.25) is 0 Å². The fourth-order valence-corrected chi connectivity index (χ4v) is 3.93. The molecule has 0 amide bonds. The van der Waals surface area contributed by atoms with E-state index < -0.39 is 0 Å². The van der Waals surface area contributed by atoms with E-state index in [4.69, 9.17) is 14.5 Å². The third-order valence-electron chi connectivity index (χ3n) is 5.46. The number of guanidine groups is 1. The molecule has 2 saturated heterocycles. The zero-order valence-corrected chi connectivity index (χ0v) is 17.7. The summed E-state index contributed by atoms with van der Waals surface area (Å²) >= 11 is 0. The maximum absolute atomic E-state index is 6.09. The lowest BCUT2D eigenvalue weighted by atomic mass is 10.0. The van der Waals surface area contributed by atoms with Crippen LogP contribution in [0.1, 0.15) is 31.1 Å². The van der Waals surface area contributed by atoms with Crippen molar-refractivity contribution in [2.24, 2.45) is 10.9 Å². The van der Waals surface area contributed by atoms with E-state index >= 15 is 0 Å². The van der Waals surface area contributed by atoms with Gasteiger partial charge in [0.1, 0.15) is 6.10 Å². The van der Waals surface area contributed by atoms with Crippen molar-refractivity contribution in [2.75, 3.05) is 65.6 Å². The number of morpholine rings is 2. The van der Waals surface area contributed by atoms with Gasteiger partial charge in [-0.25, -0.2) is 0 Å². The van der Waals surface area contributed by atoms with Crippen LogP contribution in [0.15, 0.2) is 29.3 Å². The van der Waals surface area contributed by atoms with Crippen LogP contribution in [0.4, 0.5) is 0 Å². The van der Waals surface area contributed by atoms with Crippen LogP contribution in [0.3, 0.4) is 0 Å². The second-order valence-corrected chi connectivity index (χ2v) is 7.87. The predicted octanol–water partition coefficient (Wildman–Crippen LogP) is 2.30. The van der Waals surface area contributed by atoms with Gasteiger partial charge in [-0.2, -0.15) is 0 Å². The van der Waals surface area contributed by atoms with Gasteiger partial charge < -0.3 is 19.7 Å². The van der Waals surface area contributed by atoms with Crippen LogP contribution in [0.25, 0.3) is 0 Å². The third-order valence-corrected chi connectivity index (χ3v) is 5.46. The predicted molar refractivity (Wildman–Crippen MR) is 114 cm³/mol. The minimum atomic E-state index is 0.101. The number of nitrogens with one attached hydrogen (secondary N) is 1. The van der Waals surface area contributed by atoms with Crippen LogP contribution in [-0.2, 0) is 9.47 Å². The van der Waals surface area contributed by atoms with Gasteiger partial charge in [-0.1, -0.05) is 31.2 Å². The lowest BCUT2D eigenvalue weighted by molar-refractivity contribution is -0.00837. The first kappa shape index (κ1) is 21.1. The van der Waals surface area contributed by atoms with Gasteiger partial charge in [-0.15, -0.1) is 0 Å². The second-order valence-electron chi connectivity index (χ2n) is 7.87. The molecule has 0 aromatic heterocycles. The summed E-state index contributed by atoms with van der Waals surface area (Å²) in [7, 11) is 0. The third kappa shape index (κ3) is 5.93.